The first-order chi connectivity index (χ1) is 21.1. The second kappa shape index (κ2) is 20.4. The predicted octanol–water partition coefficient (Wildman–Crippen LogP) is 9.97. The van der Waals surface area contributed by atoms with Gasteiger partial charge in [-0.3, -0.25) is 4.79 Å². The number of benzene rings is 1. The molecule has 260 valence electrons. The van der Waals surface area contributed by atoms with Gasteiger partial charge in [-0.15, -0.1) is 0 Å². The summed E-state index contributed by atoms with van der Waals surface area (Å²) in [6.07, 6.45) is 2.23. The molecule has 1 N–H and O–H groups in total. The number of esters is 1. The SMILES string of the molecule is CC[C@@H](OC(=O)[C@H](C)[C@@H](O)[C@H](C)[C@@H](OCc1ccc(OC)cc1)[C@@H](C)C[C@@H](C)CO[Si](C(C)C)(C(C)C)C(C)C)[C@H](C)/C=C/I. The number of carbonyl (C=O) groups is 1. The molecule has 0 unspecified atom stereocenters. The van der Waals surface area contributed by atoms with Crippen LogP contribution in [0.2, 0.25) is 16.6 Å². The van der Waals surface area contributed by atoms with Crippen molar-refractivity contribution in [1.82, 2.24) is 0 Å². The molecule has 1 rings (SSSR count). The van der Waals surface area contributed by atoms with Crippen molar-refractivity contribution in [1.29, 1.82) is 0 Å². The lowest BCUT2D eigenvalue weighted by Crippen LogP contribution is -2.48. The minimum Gasteiger partial charge on any atom is -0.497 e. The Balaban J connectivity index is 3.15. The van der Waals surface area contributed by atoms with E-state index < -0.39 is 20.3 Å². The van der Waals surface area contributed by atoms with Crippen LogP contribution >= 0.6 is 22.6 Å². The monoisotopic (exact) mass is 760 g/mol. The van der Waals surface area contributed by atoms with E-state index in [4.69, 9.17) is 18.6 Å². The number of hydrogen-bond donors (Lipinski definition) is 1. The molecule has 0 aliphatic rings. The zero-order chi connectivity index (χ0) is 34.5. The summed E-state index contributed by atoms with van der Waals surface area (Å²) < 4.78 is 26.7. The summed E-state index contributed by atoms with van der Waals surface area (Å²) in [6, 6.07) is 7.86. The van der Waals surface area contributed by atoms with E-state index in [9.17, 15) is 9.90 Å². The Morgan fingerprint density at radius 3 is 1.96 bits per heavy atom. The lowest BCUT2D eigenvalue weighted by molar-refractivity contribution is -0.163. The smallest absolute Gasteiger partial charge is 0.311 e. The van der Waals surface area contributed by atoms with E-state index >= 15 is 0 Å². The lowest BCUT2D eigenvalue weighted by atomic mass is 9.81. The molecule has 1 aromatic carbocycles. The highest BCUT2D eigenvalue weighted by Crippen LogP contribution is 2.43. The van der Waals surface area contributed by atoms with E-state index in [1.165, 1.54) is 0 Å². The van der Waals surface area contributed by atoms with E-state index in [1.54, 1.807) is 14.0 Å². The summed E-state index contributed by atoms with van der Waals surface area (Å²) in [5.41, 5.74) is 2.63. The summed E-state index contributed by atoms with van der Waals surface area (Å²) >= 11 is 2.19. The minimum atomic E-state index is -1.97. The molecule has 0 heterocycles. The summed E-state index contributed by atoms with van der Waals surface area (Å²) in [5, 5.41) is 11.6. The third kappa shape index (κ3) is 12.2. The van der Waals surface area contributed by atoms with Crippen LogP contribution in [0.3, 0.4) is 0 Å². The van der Waals surface area contributed by atoms with E-state index in [0.717, 1.165) is 24.3 Å². The summed E-state index contributed by atoms with van der Waals surface area (Å²) in [6.45, 7) is 27.3. The van der Waals surface area contributed by atoms with E-state index in [0.29, 0.717) is 35.6 Å². The van der Waals surface area contributed by atoms with Crippen molar-refractivity contribution in [2.24, 2.45) is 29.6 Å². The number of aliphatic hydroxyl groups is 1. The molecule has 1 aromatic rings. The molecule has 0 bridgehead atoms. The van der Waals surface area contributed by atoms with E-state index in [2.05, 4.69) is 78.0 Å². The number of carbonyl (C=O) groups excluding carboxylic acids is 1. The molecule has 6 nitrogen and oxygen atoms in total. The van der Waals surface area contributed by atoms with Crippen LogP contribution in [0.15, 0.2) is 34.4 Å². The Bertz CT molecular complexity index is 975. The summed E-state index contributed by atoms with van der Waals surface area (Å²) in [5.74, 6) is 0.00286. The third-order valence-electron chi connectivity index (χ3n) is 9.84. The predicted molar refractivity (Wildman–Crippen MR) is 198 cm³/mol. The molecule has 0 saturated heterocycles. The number of ether oxygens (including phenoxy) is 3. The van der Waals surface area contributed by atoms with Gasteiger partial charge in [0.05, 0.1) is 31.8 Å². The second-order valence-electron chi connectivity index (χ2n) is 14.3. The standard InChI is InChI=1S/C37H65IO6Si/c1-14-34(28(9)19-20-38)44-37(40)31(12)35(39)30(11)36(42-23-32-15-17-33(41-13)18-16-32)29(10)21-27(8)22-43-45(24(2)3,25(4)5)26(6)7/h15-20,24-31,34-36,39H,14,21-23H2,1-13H3/b20-19+/t27-,28-,29+,30+,31-,34-,35+,36+/m1/s1. The van der Waals surface area contributed by atoms with Crippen LogP contribution in [0, 0.1) is 29.6 Å². The van der Waals surface area contributed by atoms with Crippen molar-refractivity contribution in [3.05, 3.63) is 40.0 Å². The van der Waals surface area contributed by atoms with Gasteiger partial charge in [-0.2, -0.15) is 0 Å². The van der Waals surface area contributed by atoms with Crippen LogP contribution in [0.1, 0.15) is 101 Å². The maximum Gasteiger partial charge on any atom is 0.311 e. The molecule has 0 radical (unpaired) electrons. The lowest BCUT2D eigenvalue weighted by Gasteiger charge is -2.43. The van der Waals surface area contributed by atoms with E-state index in [-0.39, 0.29) is 35.9 Å². The molecular weight excluding hydrogens is 695 g/mol. The molecule has 0 aromatic heterocycles. The number of methoxy groups -OCH3 is 1. The molecule has 45 heavy (non-hydrogen) atoms. The van der Waals surface area contributed by atoms with Crippen LogP contribution in [0.4, 0.5) is 0 Å². The van der Waals surface area contributed by atoms with Crippen LogP contribution < -0.4 is 4.74 Å². The molecule has 0 aliphatic carbocycles. The van der Waals surface area contributed by atoms with E-state index in [1.807, 2.05) is 55.2 Å². The van der Waals surface area contributed by atoms with Gasteiger partial charge in [-0.05, 0) is 70.0 Å². The zero-order valence-electron chi connectivity index (χ0n) is 30.5. The van der Waals surface area contributed by atoms with Crippen LogP contribution in [-0.4, -0.2) is 51.4 Å². The molecule has 0 saturated carbocycles. The highest BCUT2D eigenvalue weighted by Gasteiger charge is 2.45. The second-order valence-corrected chi connectivity index (χ2v) is 20.4. The Morgan fingerprint density at radius 1 is 0.933 bits per heavy atom. The fourth-order valence-corrected chi connectivity index (χ4v) is 13.4. The highest BCUT2D eigenvalue weighted by molar-refractivity contribution is 14.1. The minimum absolute atomic E-state index is 0.103. The van der Waals surface area contributed by atoms with Crippen molar-refractivity contribution < 1.29 is 28.5 Å². The van der Waals surface area contributed by atoms with Crippen LogP contribution in [-0.2, 0) is 25.3 Å². The molecule has 0 fully saturated rings. The number of aliphatic hydroxyl groups excluding tert-OH is 1. The Kier molecular flexibility index (Phi) is 19.1. The summed E-state index contributed by atoms with van der Waals surface area (Å²) in [7, 11) is -0.315. The fraction of sp³-hybridized carbons (Fsp3) is 0.757. The van der Waals surface area contributed by atoms with Crippen LogP contribution in [0.25, 0.3) is 0 Å². The first kappa shape index (κ1) is 42.1. The van der Waals surface area contributed by atoms with Crippen LogP contribution in [0.5, 0.6) is 5.75 Å². The zero-order valence-corrected chi connectivity index (χ0v) is 33.7. The molecular formula is C37H65IO6Si. The average Bonchev–Trinajstić information content (AvgIpc) is 2.98. The van der Waals surface area contributed by atoms with Gasteiger partial charge in [0.2, 0.25) is 0 Å². The Morgan fingerprint density at radius 2 is 1.49 bits per heavy atom. The van der Waals surface area contributed by atoms with Gasteiger partial charge in [0.25, 0.3) is 0 Å². The van der Waals surface area contributed by atoms with Gasteiger partial charge in [0.15, 0.2) is 8.32 Å². The van der Waals surface area contributed by atoms with Crippen molar-refractivity contribution in [3.8, 4) is 5.75 Å². The van der Waals surface area contributed by atoms with Crippen molar-refractivity contribution >= 4 is 36.9 Å². The first-order valence-electron chi connectivity index (χ1n) is 17.1. The molecule has 0 amide bonds. The maximum absolute atomic E-state index is 13.2. The maximum atomic E-state index is 13.2. The third-order valence-corrected chi connectivity index (χ3v) is 16.3. The number of hydrogen-bond acceptors (Lipinski definition) is 6. The Hall–Kier alpha value is -0.943. The number of rotatable bonds is 21. The highest BCUT2D eigenvalue weighted by atomic mass is 127. The van der Waals surface area contributed by atoms with Gasteiger partial charge in [0.1, 0.15) is 11.9 Å². The number of halogens is 1. The van der Waals surface area contributed by atoms with Crippen molar-refractivity contribution in [3.63, 3.8) is 0 Å². The van der Waals surface area contributed by atoms with Crippen molar-refractivity contribution in [2.45, 2.75) is 137 Å². The molecule has 8 heteroatoms. The van der Waals surface area contributed by atoms with Gasteiger partial charge < -0.3 is 23.7 Å². The molecule has 8 atom stereocenters. The normalized spacial score (nSPS) is 18.1. The fourth-order valence-electron chi connectivity index (χ4n) is 7.22. The molecule has 0 aliphatic heterocycles. The largest absolute Gasteiger partial charge is 0.497 e. The van der Waals surface area contributed by atoms with Gasteiger partial charge in [-0.25, -0.2) is 0 Å². The summed E-state index contributed by atoms with van der Waals surface area (Å²) in [4.78, 5) is 13.2. The quantitative estimate of drug-likeness (QED) is 0.0765. The van der Waals surface area contributed by atoms with Gasteiger partial charge in [-0.1, -0.05) is 117 Å². The molecule has 0 spiro atoms. The average molecular weight is 761 g/mol. The van der Waals surface area contributed by atoms with Gasteiger partial charge in [0, 0.05) is 18.4 Å². The topological polar surface area (TPSA) is 74.2 Å². The first-order valence-corrected chi connectivity index (χ1v) is 20.5. The van der Waals surface area contributed by atoms with Gasteiger partial charge >= 0.3 is 5.97 Å². The Labute approximate surface area is 290 Å². The van der Waals surface area contributed by atoms with Crippen molar-refractivity contribution in [2.75, 3.05) is 13.7 Å².